The van der Waals surface area contributed by atoms with E-state index < -0.39 is 0 Å². The molecule has 0 saturated carbocycles. The minimum atomic E-state index is -0.335. The zero-order chi connectivity index (χ0) is 13.2. The van der Waals surface area contributed by atoms with Crippen LogP contribution in [0.4, 0.5) is 0 Å². The van der Waals surface area contributed by atoms with Crippen molar-refractivity contribution in [2.24, 2.45) is 0 Å². The average molecular weight is 260 g/mol. The second-order valence-electron chi connectivity index (χ2n) is 4.72. The zero-order valence-corrected chi connectivity index (χ0v) is 10.8. The molecule has 19 heavy (non-hydrogen) atoms. The van der Waals surface area contributed by atoms with Gasteiger partial charge in [-0.2, -0.15) is 0 Å². The summed E-state index contributed by atoms with van der Waals surface area (Å²) < 4.78 is 12.3. The molecule has 0 aromatic carbocycles. The first-order valence-corrected chi connectivity index (χ1v) is 6.44. The molecule has 3 heterocycles. The van der Waals surface area contributed by atoms with Crippen molar-refractivity contribution in [1.82, 2.24) is 9.38 Å². The molecule has 1 aliphatic rings. The molecule has 5 heteroatoms. The van der Waals surface area contributed by atoms with Crippen LogP contribution < -0.4 is 0 Å². The van der Waals surface area contributed by atoms with E-state index in [0.29, 0.717) is 5.56 Å². The van der Waals surface area contributed by atoms with Gasteiger partial charge in [0.2, 0.25) is 0 Å². The van der Waals surface area contributed by atoms with Crippen molar-refractivity contribution in [3.8, 4) is 0 Å². The summed E-state index contributed by atoms with van der Waals surface area (Å²) in [6.07, 6.45) is 6.79. The lowest BCUT2D eigenvalue weighted by Gasteiger charge is -2.08. The number of ether oxygens (including phenoxy) is 2. The van der Waals surface area contributed by atoms with Crippen LogP contribution in [0.25, 0.3) is 5.52 Å². The van der Waals surface area contributed by atoms with Crippen molar-refractivity contribution in [2.75, 3.05) is 13.7 Å². The summed E-state index contributed by atoms with van der Waals surface area (Å²) in [5.41, 5.74) is 1.50. The van der Waals surface area contributed by atoms with Crippen LogP contribution in [-0.4, -0.2) is 35.2 Å². The summed E-state index contributed by atoms with van der Waals surface area (Å²) in [5.74, 6) is 0.589. The van der Waals surface area contributed by atoms with E-state index in [0.717, 1.165) is 37.2 Å². The van der Waals surface area contributed by atoms with Gasteiger partial charge in [0.05, 0.1) is 30.5 Å². The Morgan fingerprint density at radius 1 is 1.58 bits per heavy atom. The van der Waals surface area contributed by atoms with E-state index in [4.69, 9.17) is 9.47 Å². The Kier molecular flexibility index (Phi) is 3.21. The monoisotopic (exact) mass is 260 g/mol. The Balaban J connectivity index is 1.93. The topological polar surface area (TPSA) is 52.8 Å². The van der Waals surface area contributed by atoms with Crippen molar-refractivity contribution < 1.29 is 14.3 Å². The van der Waals surface area contributed by atoms with Gasteiger partial charge in [-0.15, -0.1) is 0 Å². The minimum Gasteiger partial charge on any atom is -0.465 e. The molecule has 2 aromatic rings. The van der Waals surface area contributed by atoms with Gasteiger partial charge in [0.15, 0.2) is 0 Å². The maximum absolute atomic E-state index is 11.6. The predicted octanol–water partition coefficient (Wildman–Crippen LogP) is 1.84. The summed E-state index contributed by atoms with van der Waals surface area (Å²) in [4.78, 5) is 16.0. The van der Waals surface area contributed by atoms with Crippen molar-refractivity contribution in [3.63, 3.8) is 0 Å². The number of fused-ring (bicyclic) bond motifs is 1. The number of carbonyl (C=O) groups excluding carboxylic acids is 1. The summed E-state index contributed by atoms with van der Waals surface area (Å²) in [7, 11) is 1.38. The predicted molar refractivity (Wildman–Crippen MR) is 69.2 cm³/mol. The maximum Gasteiger partial charge on any atom is 0.339 e. The molecule has 1 saturated heterocycles. The summed E-state index contributed by atoms with van der Waals surface area (Å²) in [6.45, 7) is 0.835. The molecule has 0 aliphatic carbocycles. The third-order valence-corrected chi connectivity index (χ3v) is 3.46. The molecule has 3 rings (SSSR count). The van der Waals surface area contributed by atoms with Crippen LogP contribution in [0.15, 0.2) is 24.5 Å². The second kappa shape index (κ2) is 5.01. The van der Waals surface area contributed by atoms with Gasteiger partial charge in [0.1, 0.15) is 5.82 Å². The Morgan fingerprint density at radius 2 is 2.47 bits per heavy atom. The molecule has 1 fully saturated rings. The van der Waals surface area contributed by atoms with Gasteiger partial charge >= 0.3 is 5.97 Å². The number of methoxy groups -OCH3 is 1. The quantitative estimate of drug-likeness (QED) is 0.790. The van der Waals surface area contributed by atoms with E-state index in [9.17, 15) is 4.79 Å². The van der Waals surface area contributed by atoms with Crippen molar-refractivity contribution in [1.29, 1.82) is 0 Å². The van der Waals surface area contributed by atoms with E-state index >= 15 is 0 Å². The number of imidazole rings is 1. The first-order chi connectivity index (χ1) is 9.28. The molecule has 1 unspecified atom stereocenters. The highest BCUT2D eigenvalue weighted by atomic mass is 16.5. The van der Waals surface area contributed by atoms with Gasteiger partial charge in [-0.1, -0.05) is 0 Å². The molecular weight excluding hydrogens is 244 g/mol. The van der Waals surface area contributed by atoms with Crippen molar-refractivity contribution in [2.45, 2.75) is 25.4 Å². The van der Waals surface area contributed by atoms with Crippen LogP contribution in [-0.2, 0) is 15.9 Å². The van der Waals surface area contributed by atoms with E-state index in [-0.39, 0.29) is 12.1 Å². The fraction of sp³-hybridized carbons (Fsp3) is 0.429. The standard InChI is InChI=1S/C14H16N2O3/c1-18-14(17)10-4-5-11-8-15-13(16(11)9-10)7-12-3-2-6-19-12/h4-5,8-9,12H,2-3,6-7H2,1H3. The number of hydrogen-bond acceptors (Lipinski definition) is 4. The van der Waals surface area contributed by atoms with Gasteiger partial charge in [0, 0.05) is 19.2 Å². The highest BCUT2D eigenvalue weighted by Crippen LogP contribution is 2.18. The molecule has 0 bridgehead atoms. The van der Waals surface area contributed by atoms with Gasteiger partial charge in [-0.05, 0) is 25.0 Å². The number of esters is 1. The third kappa shape index (κ3) is 2.33. The molecule has 0 amide bonds. The summed E-state index contributed by atoms with van der Waals surface area (Å²) in [5, 5.41) is 0. The first-order valence-electron chi connectivity index (χ1n) is 6.44. The van der Waals surface area contributed by atoms with Gasteiger partial charge < -0.3 is 13.9 Å². The molecule has 0 N–H and O–H groups in total. The number of carbonyl (C=O) groups is 1. The van der Waals surface area contributed by atoms with E-state index in [1.54, 1.807) is 12.3 Å². The molecule has 100 valence electrons. The largest absolute Gasteiger partial charge is 0.465 e. The zero-order valence-electron chi connectivity index (χ0n) is 10.8. The Bertz CT molecular complexity index is 600. The summed E-state index contributed by atoms with van der Waals surface area (Å²) >= 11 is 0. The maximum atomic E-state index is 11.6. The van der Waals surface area contributed by atoms with Crippen LogP contribution in [0.5, 0.6) is 0 Å². The van der Waals surface area contributed by atoms with Crippen LogP contribution in [0.3, 0.4) is 0 Å². The van der Waals surface area contributed by atoms with Crippen molar-refractivity contribution in [3.05, 3.63) is 35.9 Å². The number of rotatable bonds is 3. The molecule has 5 nitrogen and oxygen atoms in total. The number of aromatic nitrogens is 2. The Hall–Kier alpha value is -1.88. The number of pyridine rings is 1. The van der Waals surface area contributed by atoms with Crippen LogP contribution in [0.1, 0.15) is 29.0 Å². The van der Waals surface area contributed by atoms with Crippen LogP contribution >= 0.6 is 0 Å². The molecular formula is C14H16N2O3. The number of hydrogen-bond donors (Lipinski definition) is 0. The van der Waals surface area contributed by atoms with Gasteiger partial charge in [-0.25, -0.2) is 9.78 Å². The van der Waals surface area contributed by atoms with Crippen LogP contribution in [0, 0.1) is 0 Å². The number of nitrogens with zero attached hydrogens (tertiary/aromatic N) is 2. The van der Waals surface area contributed by atoms with E-state index in [1.165, 1.54) is 7.11 Å². The highest BCUT2D eigenvalue weighted by molar-refractivity contribution is 5.89. The molecule has 0 radical (unpaired) electrons. The van der Waals surface area contributed by atoms with Crippen molar-refractivity contribution >= 4 is 11.5 Å². The highest BCUT2D eigenvalue weighted by Gasteiger charge is 2.18. The molecule has 2 aromatic heterocycles. The SMILES string of the molecule is COC(=O)c1ccc2cnc(CC3CCCO3)n2c1. The normalized spacial score (nSPS) is 18.9. The first kappa shape index (κ1) is 12.2. The minimum absolute atomic E-state index is 0.243. The molecule has 0 spiro atoms. The van der Waals surface area contributed by atoms with Crippen LogP contribution in [0.2, 0.25) is 0 Å². The Labute approximate surface area is 111 Å². The fourth-order valence-electron chi connectivity index (χ4n) is 2.44. The second-order valence-corrected chi connectivity index (χ2v) is 4.72. The lowest BCUT2D eigenvalue weighted by Crippen LogP contribution is -2.12. The van der Waals surface area contributed by atoms with Gasteiger partial charge in [-0.3, -0.25) is 0 Å². The van der Waals surface area contributed by atoms with E-state index in [2.05, 4.69) is 4.98 Å². The lowest BCUT2D eigenvalue weighted by molar-refractivity contribution is 0.0600. The van der Waals surface area contributed by atoms with E-state index in [1.807, 2.05) is 16.7 Å². The third-order valence-electron chi connectivity index (χ3n) is 3.46. The molecule has 1 atom stereocenters. The Morgan fingerprint density at radius 3 is 3.21 bits per heavy atom. The fourth-order valence-corrected chi connectivity index (χ4v) is 2.44. The molecule has 1 aliphatic heterocycles. The lowest BCUT2D eigenvalue weighted by atomic mass is 10.2. The summed E-state index contributed by atoms with van der Waals surface area (Å²) in [6, 6.07) is 3.62. The average Bonchev–Trinajstić information content (AvgIpc) is 3.08. The smallest absolute Gasteiger partial charge is 0.339 e. The van der Waals surface area contributed by atoms with Gasteiger partial charge in [0.25, 0.3) is 0 Å².